The van der Waals surface area contributed by atoms with Crippen LogP contribution in [0.4, 0.5) is 0 Å². The van der Waals surface area contributed by atoms with Crippen molar-refractivity contribution in [1.29, 1.82) is 0 Å². The van der Waals surface area contributed by atoms with Crippen molar-refractivity contribution in [3.63, 3.8) is 0 Å². The Bertz CT molecular complexity index is 247. The van der Waals surface area contributed by atoms with Crippen molar-refractivity contribution < 1.29 is 9.53 Å². The van der Waals surface area contributed by atoms with Crippen molar-refractivity contribution in [2.24, 2.45) is 5.73 Å². The van der Waals surface area contributed by atoms with Gasteiger partial charge in [0.1, 0.15) is 6.04 Å². The Morgan fingerprint density at radius 1 is 1.50 bits per heavy atom. The minimum Gasteiger partial charge on any atom is -0.381 e. The quantitative estimate of drug-likeness (QED) is 0.609. The largest absolute Gasteiger partial charge is 0.381 e. The average molecular weight is 198 g/mol. The molecule has 2 aliphatic heterocycles. The lowest BCUT2D eigenvalue weighted by Gasteiger charge is -2.59. The summed E-state index contributed by atoms with van der Waals surface area (Å²) < 4.78 is 5.32. The van der Waals surface area contributed by atoms with Gasteiger partial charge in [0.05, 0.1) is 5.54 Å². The Morgan fingerprint density at radius 2 is 2.07 bits per heavy atom. The standard InChI is InChI=1S/C10H18N2O2/c1-7(2)12-9(13)8(11)10(12)3-5-14-6-4-10/h7-8H,3-6,11H2,1-2H3. The number of carbonyl (C=O) groups excluding carboxylic acids is 1. The van der Waals surface area contributed by atoms with Gasteiger partial charge in [-0.1, -0.05) is 0 Å². The van der Waals surface area contributed by atoms with Gasteiger partial charge in [-0.3, -0.25) is 4.79 Å². The van der Waals surface area contributed by atoms with Crippen LogP contribution in [0.3, 0.4) is 0 Å². The van der Waals surface area contributed by atoms with Gasteiger partial charge in [-0.2, -0.15) is 0 Å². The molecule has 1 spiro atoms. The van der Waals surface area contributed by atoms with E-state index in [-0.39, 0.29) is 23.5 Å². The third kappa shape index (κ3) is 1.10. The molecule has 2 fully saturated rings. The molecule has 4 nitrogen and oxygen atoms in total. The summed E-state index contributed by atoms with van der Waals surface area (Å²) in [6, 6.07) is -0.0470. The van der Waals surface area contributed by atoms with Crippen molar-refractivity contribution >= 4 is 5.91 Å². The Balaban J connectivity index is 2.19. The molecule has 4 heteroatoms. The first-order valence-electron chi connectivity index (χ1n) is 5.26. The van der Waals surface area contributed by atoms with E-state index in [1.165, 1.54) is 0 Å². The first-order chi connectivity index (χ1) is 6.59. The predicted molar refractivity (Wildman–Crippen MR) is 52.7 cm³/mol. The zero-order valence-corrected chi connectivity index (χ0v) is 8.82. The summed E-state index contributed by atoms with van der Waals surface area (Å²) in [5.74, 6) is 0.0990. The molecular weight excluding hydrogens is 180 g/mol. The molecule has 0 bridgehead atoms. The fraction of sp³-hybridized carbons (Fsp3) is 0.900. The molecule has 2 saturated heterocycles. The number of nitrogens with zero attached hydrogens (tertiary/aromatic N) is 1. The summed E-state index contributed by atoms with van der Waals surface area (Å²) in [6.45, 7) is 5.54. The zero-order valence-electron chi connectivity index (χ0n) is 8.82. The smallest absolute Gasteiger partial charge is 0.242 e. The summed E-state index contributed by atoms with van der Waals surface area (Å²) in [7, 11) is 0. The lowest BCUT2D eigenvalue weighted by atomic mass is 9.72. The number of amides is 1. The van der Waals surface area contributed by atoms with E-state index in [1.54, 1.807) is 0 Å². The number of hydrogen-bond acceptors (Lipinski definition) is 3. The minimum absolute atomic E-state index is 0.0937. The van der Waals surface area contributed by atoms with Crippen molar-refractivity contribution in [1.82, 2.24) is 4.90 Å². The SMILES string of the molecule is CC(C)N1C(=O)C(N)C12CCOCC2. The summed E-state index contributed by atoms with van der Waals surface area (Å²) in [5.41, 5.74) is 5.82. The molecular formula is C10H18N2O2. The van der Waals surface area contributed by atoms with Gasteiger partial charge in [0.25, 0.3) is 0 Å². The molecule has 0 aliphatic carbocycles. The molecule has 1 atom stereocenters. The molecule has 0 saturated carbocycles. The Labute approximate surface area is 84.4 Å². The van der Waals surface area contributed by atoms with Crippen molar-refractivity contribution in [3.8, 4) is 0 Å². The number of nitrogens with two attached hydrogens (primary N) is 1. The number of carbonyl (C=O) groups is 1. The topological polar surface area (TPSA) is 55.6 Å². The van der Waals surface area contributed by atoms with Gasteiger partial charge < -0.3 is 15.4 Å². The van der Waals surface area contributed by atoms with Crippen LogP contribution in [-0.4, -0.2) is 41.6 Å². The molecule has 80 valence electrons. The highest BCUT2D eigenvalue weighted by Gasteiger charge is 2.59. The highest BCUT2D eigenvalue weighted by atomic mass is 16.5. The number of hydrogen-bond donors (Lipinski definition) is 1. The van der Waals surface area contributed by atoms with Gasteiger partial charge in [0.2, 0.25) is 5.91 Å². The summed E-state index contributed by atoms with van der Waals surface area (Å²) >= 11 is 0. The molecule has 14 heavy (non-hydrogen) atoms. The second kappa shape index (κ2) is 3.21. The molecule has 2 heterocycles. The van der Waals surface area contributed by atoms with E-state index in [0.717, 1.165) is 26.1 Å². The van der Waals surface area contributed by atoms with Crippen molar-refractivity contribution in [2.75, 3.05) is 13.2 Å². The Kier molecular flexibility index (Phi) is 2.27. The van der Waals surface area contributed by atoms with Gasteiger partial charge in [-0.15, -0.1) is 0 Å². The van der Waals surface area contributed by atoms with E-state index in [4.69, 9.17) is 10.5 Å². The van der Waals surface area contributed by atoms with Gasteiger partial charge in [0, 0.05) is 19.3 Å². The molecule has 2 rings (SSSR count). The van der Waals surface area contributed by atoms with Crippen molar-refractivity contribution in [3.05, 3.63) is 0 Å². The molecule has 2 aliphatic rings. The molecule has 0 aromatic rings. The summed E-state index contributed by atoms with van der Waals surface area (Å²) in [6.07, 6.45) is 1.77. The van der Waals surface area contributed by atoms with E-state index in [2.05, 4.69) is 0 Å². The molecule has 2 N–H and O–H groups in total. The summed E-state index contributed by atoms with van der Waals surface area (Å²) in [5, 5.41) is 0. The van der Waals surface area contributed by atoms with E-state index in [0.29, 0.717) is 0 Å². The van der Waals surface area contributed by atoms with Crippen LogP contribution in [-0.2, 0) is 9.53 Å². The second-order valence-corrected chi connectivity index (χ2v) is 4.50. The van der Waals surface area contributed by atoms with Crippen molar-refractivity contribution in [2.45, 2.75) is 44.3 Å². The van der Waals surface area contributed by atoms with Crippen LogP contribution in [0.1, 0.15) is 26.7 Å². The fourth-order valence-electron chi connectivity index (χ4n) is 2.73. The number of ether oxygens (including phenoxy) is 1. The fourth-order valence-corrected chi connectivity index (χ4v) is 2.73. The molecule has 0 radical (unpaired) electrons. The predicted octanol–water partition coefficient (Wildman–Crippen LogP) is 0.113. The van der Waals surface area contributed by atoms with Crippen LogP contribution in [0, 0.1) is 0 Å². The van der Waals surface area contributed by atoms with Crippen LogP contribution in [0.15, 0.2) is 0 Å². The van der Waals surface area contributed by atoms with Crippen LogP contribution in [0.25, 0.3) is 0 Å². The molecule has 0 aromatic heterocycles. The van der Waals surface area contributed by atoms with Crippen LogP contribution < -0.4 is 5.73 Å². The molecule has 0 aromatic carbocycles. The monoisotopic (exact) mass is 198 g/mol. The number of β-lactam (4-membered cyclic amide) rings is 1. The van der Waals surface area contributed by atoms with Gasteiger partial charge in [-0.05, 0) is 26.7 Å². The van der Waals surface area contributed by atoms with E-state index in [9.17, 15) is 4.79 Å². The average Bonchev–Trinajstić information content (AvgIpc) is 2.18. The third-order valence-corrected chi connectivity index (χ3v) is 3.44. The van der Waals surface area contributed by atoms with Crippen LogP contribution >= 0.6 is 0 Å². The first-order valence-corrected chi connectivity index (χ1v) is 5.26. The Morgan fingerprint density at radius 3 is 2.57 bits per heavy atom. The molecule has 1 amide bonds. The lowest BCUT2D eigenvalue weighted by Crippen LogP contribution is -2.80. The van der Waals surface area contributed by atoms with Gasteiger partial charge >= 0.3 is 0 Å². The highest BCUT2D eigenvalue weighted by Crippen LogP contribution is 2.40. The first kappa shape index (κ1) is 9.93. The zero-order chi connectivity index (χ0) is 10.3. The highest BCUT2D eigenvalue weighted by molar-refractivity contribution is 5.91. The lowest BCUT2D eigenvalue weighted by molar-refractivity contribution is -0.176. The van der Waals surface area contributed by atoms with Gasteiger partial charge in [0.15, 0.2) is 0 Å². The van der Waals surface area contributed by atoms with Crippen LogP contribution in [0.5, 0.6) is 0 Å². The maximum absolute atomic E-state index is 11.6. The minimum atomic E-state index is -0.297. The number of rotatable bonds is 1. The Hall–Kier alpha value is -0.610. The second-order valence-electron chi connectivity index (χ2n) is 4.50. The molecule has 1 unspecified atom stereocenters. The maximum atomic E-state index is 11.6. The number of likely N-dealkylation sites (tertiary alicyclic amines) is 1. The summed E-state index contributed by atoms with van der Waals surface area (Å²) in [4.78, 5) is 13.6. The normalized spacial score (nSPS) is 31.0. The van der Waals surface area contributed by atoms with E-state index in [1.807, 2.05) is 18.7 Å². The van der Waals surface area contributed by atoms with E-state index >= 15 is 0 Å². The maximum Gasteiger partial charge on any atom is 0.242 e. The van der Waals surface area contributed by atoms with Gasteiger partial charge in [-0.25, -0.2) is 0 Å². The third-order valence-electron chi connectivity index (χ3n) is 3.44. The van der Waals surface area contributed by atoms with Crippen LogP contribution in [0.2, 0.25) is 0 Å². The van der Waals surface area contributed by atoms with E-state index < -0.39 is 0 Å².